The number of carbonyl (C=O) groups is 4. The van der Waals surface area contributed by atoms with Gasteiger partial charge in [0, 0.05) is 70.2 Å². The number of phenols is 1. The number of aromatic hydroxyl groups is 1. The van der Waals surface area contributed by atoms with Gasteiger partial charge in [0.15, 0.2) is 6.10 Å². The fourth-order valence-electron chi connectivity index (χ4n) is 7.56. The van der Waals surface area contributed by atoms with Crippen LogP contribution in [0.15, 0.2) is 85.1 Å². The Morgan fingerprint density at radius 2 is 1.55 bits per heavy atom. The second-order valence-electron chi connectivity index (χ2n) is 14.3. The zero-order valence-electron chi connectivity index (χ0n) is 31.1. The number of anilines is 2. The van der Waals surface area contributed by atoms with Gasteiger partial charge >= 0.3 is 18.1 Å². The number of piperazine rings is 1. The van der Waals surface area contributed by atoms with Gasteiger partial charge in [-0.05, 0) is 85.7 Å². The number of nitrogens with zero attached hydrogens (tertiary/aromatic N) is 5. The molecule has 0 radical (unpaired) electrons. The first-order valence-electron chi connectivity index (χ1n) is 18.8. The molecule has 0 aliphatic carbocycles. The van der Waals surface area contributed by atoms with Crippen molar-refractivity contribution in [3.63, 3.8) is 0 Å². The largest absolute Gasteiger partial charge is 0.507 e. The van der Waals surface area contributed by atoms with E-state index in [4.69, 9.17) is 9.47 Å². The van der Waals surface area contributed by atoms with Crippen molar-refractivity contribution in [1.29, 1.82) is 0 Å². The number of para-hydroxylation sites is 2. The molecule has 0 spiro atoms. The number of aromatic nitrogens is 1. The zero-order chi connectivity index (χ0) is 38.5. The van der Waals surface area contributed by atoms with E-state index in [1.54, 1.807) is 60.0 Å². The van der Waals surface area contributed by atoms with Crippen LogP contribution in [0.4, 0.5) is 21.1 Å². The van der Waals surface area contributed by atoms with Crippen LogP contribution in [-0.4, -0.2) is 107 Å². The van der Waals surface area contributed by atoms with E-state index in [0.717, 1.165) is 23.2 Å². The molecule has 2 fully saturated rings. The summed E-state index contributed by atoms with van der Waals surface area (Å²) in [6, 6.07) is 23.6. The molecule has 13 heteroatoms. The molecular weight excluding hydrogens is 700 g/mol. The second-order valence-corrected chi connectivity index (χ2v) is 14.3. The first kappa shape index (κ1) is 37.2. The molecule has 7 rings (SSSR count). The van der Waals surface area contributed by atoms with Crippen molar-refractivity contribution >= 4 is 35.5 Å². The van der Waals surface area contributed by atoms with Crippen molar-refractivity contribution in [3.8, 4) is 11.5 Å². The number of esters is 1. The lowest BCUT2D eigenvalue weighted by Gasteiger charge is -2.39. The van der Waals surface area contributed by atoms with Crippen LogP contribution in [0.3, 0.4) is 0 Å². The number of fused-ring (bicyclic) bond motifs is 1. The molecule has 55 heavy (non-hydrogen) atoms. The van der Waals surface area contributed by atoms with Crippen molar-refractivity contribution in [2.75, 3.05) is 56.0 Å². The lowest BCUT2D eigenvalue weighted by atomic mass is 10.0. The fourth-order valence-corrected chi connectivity index (χ4v) is 7.56. The minimum Gasteiger partial charge on any atom is -0.507 e. The predicted molar refractivity (Wildman–Crippen MR) is 206 cm³/mol. The maximum absolute atomic E-state index is 14.1. The van der Waals surface area contributed by atoms with Crippen LogP contribution >= 0.6 is 0 Å². The number of phenolic OH excluding ortho intramolecular Hbond substituents is 1. The molecule has 0 bridgehead atoms. The maximum atomic E-state index is 14.1. The highest BCUT2D eigenvalue weighted by molar-refractivity contribution is 5.92. The number of hydrogen-bond donors (Lipinski definition) is 2. The van der Waals surface area contributed by atoms with E-state index < -0.39 is 18.2 Å². The molecule has 0 unspecified atom stereocenters. The molecule has 4 aromatic rings. The van der Waals surface area contributed by atoms with Gasteiger partial charge in [-0.15, -0.1) is 0 Å². The summed E-state index contributed by atoms with van der Waals surface area (Å²) in [4.78, 5) is 65.3. The molecule has 4 amide bonds. The van der Waals surface area contributed by atoms with Gasteiger partial charge in [0.1, 0.15) is 17.3 Å². The molecule has 3 aliphatic heterocycles. The van der Waals surface area contributed by atoms with Gasteiger partial charge in [-0.3, -0.25) is 4.79 Å². The number of ether oxygens (including phenoxy) is 2. The van der Waals surface area contributed by atoms with Crippen molar-refractivity contribution in [3.05, 3.63) is 113 Å². The van der Waals surface area contributed by atoms with Gasteiger partial charge in [0.05, 0.1) is 5.56 Å². The summed E-state index contributed by atoms with van der Waals surface area (Å²) >= 11 is 0. The Labute approximate surface area is 320 Å². The Kier molecular flexibility index (Phi) is 11.2. The summed E-state index contributed by atoms with van der Waals surface area (Å²) in [6.45, 7) is 6.74. The fraction of sp³-hybridized carbons (Fsp3) is 0.357. The molecule has 2 N–H and O–H groups in total. The normalized spacial score (nSPS) is 16.8. The van der Waals surface area contributed by atoms with Crippen LogP contribution in [0.2, 0.25) is 0 Å². The number of rotatable bonds is 8. The molecule has 286 valence electrons. The highest BCUT2D eigenvalue weighted by Crippen LogP contribution is 2.27. The average Bonchev–Trinajstić information content (AvgIpc) is 3.38. The first-order valence-corrected chi connectivity index (χ1v) is 18.8. The summed E-state index contributed by atoms with van der Waals surface area (Å²) in [6.07, 6.45) is 1.94. The molecule has 3 aliphatic rings. The summed E-state index contributed by atoms with van der Waals surface area (Å²) in [5.74, 6) is 0.526. The van der Waals surface area contributed by atoms with Crippen LogP contribution < -0.4 is 15.0 Å². The predicted octanol–water partition coefficient (Wildman–Crippen LogP) is 5.57. The van der Waals surface area contributed by atoms with Gasteiger partial charge < -0.3 is 39.5 Å². The maximum Gasteiger partial charge on any atom is 0.410 e. The number of pyridine rings is 1. The second kappa shape index (κ2) is 16.5. The van der Waals surface area contributed by atoms with Crippen LogP contribution in [0.1, 0.15) is 45.5 Å². The molecule has 1 atom stereocenters. The Morgan fingerprint density at radius 3 is 2.24 bits per heavy atom. The lowest BCUT2D eigenvalue weighted by Crippen LogP contribution is -2.54. The van der Waals surface area contributed by atoms with E-state index in [1.165, 1.54) is 6.20 Å². The van der Waals surface area contributed by atoms with Crippen molar-refractivity contribution in [2.24, 2.45) is 0 Å². The van der Waals surface area contributed by atoms with Crippen molar-refractivity contribution in [2.45, 2.75) is 51.7 Å². The average molecular weight is 747 g/mol. The van der Waals surface area contributed by atoms with Crippen LogP contribution in [0.25, 0.3) is 0 Å². The summed E-state index contributed by atoms with van der Waals surface area (Å²) in [5, 5.41) is 13.4. The van der Waals surface area contributed by atoms with E-state index in [2.05, 4.69) is 10.3 Å². The Hall–Kier alpha value is -6.11. The quantitative estimate of drug-likeness (QED) is 0.175. The monoisotopic (exact) mass is 746 g/mol. The Balaban J connectivity index is 0.971. The number of nitrogens with one attached hydrogen (secondary N) is 1. The van der Waals surface area contributed by atoms with Crippen LogP contribution in [0.5, 0.6) is 11.5 Å². The third-order valence-electron chi connectivity index (χ3n) is 10.6. The summed E-state index contributed by atoms with van der Waals surface area (Å²) < 4.78 is 11.5. The number of hydrogen-bond acceptors (Lipinski definition) is 9. The van der Waals surface area contributed by atoms with Gasteiger partial charge in [-0.25, -0.2) is 19.4 Å². The molecule has 2 saturated heterocycles. The SMILES string of the molecule is Cc1cc(C[C@@H](OC(=O)N2CCC(N3CCc4ccccc4NC3=O)CC2)C(=O)N2CCN(c3ccc(C(=O)Oc4ccccc4)cn3)CC2)cc(C)c1O. The summed E-state index contributed by atoms with van der Waals surface area (Å²) in [5.41, 5.74) is 4.39. The topological polar surface area (TPSA) is 145 Å². The van der Waals surface area contributed by atoms with E-state index in [9.17, 15) is 24.3 Å². The lowest BCUT2D eigenvalue weighted by molar-refractivity contribution is -0.141. The highest BCUT2D eigenvalue weighted by atomic mass is 16.6. The van der Waals surface area contributed by atoms with E-state index in [1.807, 2.05) is 52.3 Å². The smallest absolute Gasteiger partial charge is 0.410 e. The first-order chi connectivity index (χ1) is 26.6. The summed E-state index contributed by atoms with van der Waals surface area (Å²) in [7, 11) is 0. The van der Waals surface area contributed by atoms with Gasteiger partial charge in [0.2, 0.25) is 0 Å². The third kappa shape index (κ3) is 8.66. The molecule has 1 aromatic heterocycles. The van der Waals surface area contributed by atoms with Crippen LogP contribution in [-0.2, 0) is 22.4 Å². The molecule has 3 aromatic carbocycles. The van der Waals surface area contributed by atoms with Crippen molar-refractivity contribution < 1.29 is 33.8 Å². The van der Waals surface area contributed by atoms with Gasteiger partial charge in [-0.1, -0.05) is 48.5 Å². The van der Waals surface area contributed by atoms with E-state index in [0.29, 0.717) is 86.9 Å². The number of piperidine rings is 1. The van der Waals surface area contributed by atoms with Gasteiger partial charge in [-0.2, -0.15) is 0 Å². The van der Waals surface area contributed by atoms with Crippen molar-refractivity contribution in [1.82, 2.24) is 19.7 Å². The Morgan fingerprint density at radius 1 is 0.855 bits per heavy atom. The minimum absolute atomic E-state index is 0.0242. The standard InChI is InChI=1S/C42H46N6O7/c1-28-24-30(25-29(2)38(28)49)26-36(55-42(53)47-17-15-33(16-18-47)48-19-14-31-8-6-7-11-35(31)44-41(48)52)39(50)46-22-20-45(21-23-46)37-13-12-32(27-43-37)40(51)54-34-9-4-3-5-10-34/h3-13,24-25,27,33,36,49H,14-23,26H2,1-2H3,(H,44,52)/t36-/m1/s1. The van der Waals surface area contributed by atoms with Crippen LogP contribution in [0, 0.1) is 13.8 Å². The highest BCUT2D eigenvalue weighted by Gasteiger charge is 2.35. The Bertz CT molecular complexity index is 2000. The van der Waals surface area contributed by atoms with E-state index >= 15 is 0 Å². The number of likely N-dealkylation sites (tertiary alicyclic amines) is 1. The molecular formula is C42H46N6O7. The number of aryl methyl sites for hydroxylation is 2. The van der Waals surface area contributed by atoms with E-state index in [-0.39, 0.29) is 30.2 Å². The number of benzene rings is 3. The zero-order valence-corrected chi connectivity index (χ0v) is 31.1. The molecule has 4 heterocycles. The minimum atomic E-state index is -1.08. The number of urea groups is 1. The third-order valence-corrected chi connectivity index (χ3v) is 10.6. The number of carbonyl (C=O) groups excluding carboxylic acids is 4. The molecule has 0 saturated carbocycles. The number of amides is 4. The van der Waals surface area contributed by atoms with Gasteiger partial charge in [0.25, 0.3) is 5.91 Å². The molecule has 13 nitrogen and oxygen atoms in total.